The standard InChI is InChI=1S/C20H24O5S/c1-12(10-16(21)25-4)17-14-11-15(20(14,2)3)18(22)19(17)26(23,24)13-8-6-5-7-9-13/h5-9,12,14-15H,10-11H2,1-4H3/t12-,14-,15+/m1/s1. The fourth-order valence-corrected chi connectivity index (χ4v) is 6.18. The number of methoxy groups -OCH3 is 1. The second-order valence-electron chi connectivity index (χ2n) is 7.81. The Bertz CT molecular complexity index is 880. The van der Waals surface area contributed by atoms with Crippen molar-refractivity contribution in [3.63, 3.8) is 0 Å². The average Bonchev–Trinajstić information content (AvgIpc) is 2.60. The van der Waals surface area contributed by atoms with Gasteiger partial charge in [0.2, 0.25) is 9.84 Å². The molecule has 0 unspecified atom stereocenters. The Balaban J connectivity index is 2.18. The first kappa shape index (κ1) is 18.8. The number of carbonyl (C=O) groups excluding carboxylic acids is 2. The maximum atomic E-state index is 13.3. The van der Waals surface area contributed by atoms with Gasteiger partial charge in [-0.05, 0) is 41.4 Å². The minimum absolute atomic E-state index is 0.0154. The van der Waals surface area contributed by atoms with Gasteiger partial charge in [0.15, 0.2) is 5.78 Å². The van der Waals surface area contributed by atoms with Gasteiger partial charge in [-0.15, -0.1) is 0 Å². The minimum atomic E-state index is -3.92. The summed E-state index contributed by atoms with van der Waals surface area (Å²) in [6.07, 6.45) is 0.713. The number of carbonyl (C=O) groups is 2. The van der Waals surface area contributed by atoms with Crippen LogP contribution in [0, 0.1) is 23.2 Å². The van der Waals surface area contributed by atoms with Crippen LogP contribution < -0.4 is 0 Å². The van der Waals surface area contributed by atoms with Crippen LogP contribution >= 0.6 is 0 Å². The first-order valence-electron chi connectivity index (χ1n) is 8.77. The van der Waals surface area contributed by atoms with Crippen molar-refractivity contribution in [2.75, 3.05) is 7.11 Å². The highest BCUT2D eigenvalue weighted by Crippen LogP contribution is 2.62. The van der Waals surface area contributed by atoms with Crippen LogP contribution in [0.5, 0.6) is 0 Å². The number of hydrogen-bond acceptors (Lipinski definition) is 5. The van der Waals surface area contributed by atoms with Crippen molar-refractivity contribution in [1.29, 1.82) is 0 Å². The lowest BCUT2D eigenvalue weighted by molar-refractivity contribution is -0.142. The SMILES string of the molecule is COC(=O)C[C@@H](C)C1=C(S(=O)(=O)c2ccccc2)C(=O)[C@@H]2C[C@H]1C2(C)C. The minimum Gasteiger partial charge on any atom is -0.469 e. The normalized spacial score (nSPS) is 25.5. The number of hydrogen-bond donors (Lipinski definition) is 0. The summed E-state index contributed by atoms with van der Waals surface area (Å²) in [4.78, 5) is 24.9. The molecule has 5 nitrogen and oxygen atoms in total. The number of ether oxygens (including phenoxy) is 1. The Morgan fingerprint density at radius 2 is 1.85 bits per heavy atom. The smallest absolute Gasteiger partial charge is 0.306 e. The Labute approximate surface area is 154 Å². The Kier molecular flexibility index (Phi) is 4.59. The lowest BCUT2D eigenvalue weighted by atomic mass is 9.47. The predicted octanol–water partition coefficient (Wildman–Crippen LogP) is 3.16. The van der Waals surface area contributed by atoms with E-state index in [4.69, 9.17) is 4.74 Å². The summed E-state index contributed by atoms with van der Waals surface area (Å²) >= 11 is 0. The number of Topliss-reactive ketones (excluding diaryl/α,β-unsaturated/α-hetero) is 1. The van der Waals surface area contributed by atoms with E-state index in [1.165, 1.54) is 19.2 Å². The van der Waals surface area contributed by atoms with Gasteiger partial charge < -0.3 is 4.74 Å². The van der Waals surface area contributed by atoms with E-state index in [1.54, 1.807) is 25.1 Å². The zero-order chi connectivity index (χ0) is 19.3. The van der Waals surface area contributed by atoms with Crippen LogP contribution in [0.4, 0.5) is 0 Å². The molecule has 6 heteroatoms. The van der Waals surface area contributed by atoms with E-state index in [0.29, 0.717) is 12.0 Å². The summed E-state index contributed by atoms with van der Waals surface area (Å²) in [5.74, 6) is -1.39. The summed E-state index contributed by atoms with van der Waals surface area (Å²) in [6, 6.07) is 8.02. The quantitative estimate of drug-likeness (QED) is 0.738. The topological polar surface area (TPSA) is 77.5 Å². The average molecular weight is 376 g/mol. The number of esters is 1. The molecule has 3 aliphatic rings. The number of allylic oxidation sites excluding steroid dienone is 2. The largest absolute Gasteiger partial charge is 0.469 e. The van der Waals surface area contributed by atoms with Crippen LogP contribution in [0.15, 0.2) is 45.7 Å². The van der Waals surface area contributed by atoms with Gasteiger partial charge in [-0.25, -0.2) is 8.42 Å². The summed E-state index contributed by atoms with van der Waals surface area (Å²) in [5.41, 5.74) is 0.309. The van der Waals surface area contributed by atoms with E-state index in [2.05, 4.69) is 0 Å². The van der Waals surface area contributed by atoms with Crippen molar-refractivity contribution in [2.24, 2.45) is 23.2 Å². The molecule has 0 amide bonds. The van der Waals surface area contributed by atoms with E-state index in [-0.39, 0.29) is 45.2 Å². The summed E-state index contributed by atoms with van der Waals surface area (Å²) in [6.45, 7) is 5.80. The molecule has 1 saturated carbocycles. The first-order chi connectivity index (χ1) is 12.1. The van der Waals surface area contributed by atoms with Crippen LogP contribution in [0.2, 0.25) is 0 Å². The van der Waals surface area contributed by atoms with E-state index >= 15 is 0 Å². The highest BCUT2D eigenvalue weighted by atomic mass is 32.2. The second kappa shape index (κ2) is 6.34. The molecule has 0 aromatic heterocycles. The molecule has 140 valence electrons. The van der Waals surface area contributed by atoms with Crippen molar-refractivity contribution in [1.82, 2.24) is 0 Å². The molecule has 1 fully saturated rings. The maximum absolute atomic E-state index is 13.3. The Morgan fingerprint density at radius 3 is 2.38 bits per heavy atom. The van der Waals surface area contributed by atoms with Crippen LogP contribution in [-0.4, -0.2) is 27.3 Å². The first-order valence-corrected chi connectivity index (χ1v) is 10.3. The van der Waals surface area contributed by atoms with Crippen molar-refractivity contribution >= 4 is 21.6 Å². The zero-order valence-corrected chi connectivity index (χ0v) is 16.3. The van der Waals surface area contributed by atoms with Gasteiger partial charge in [0.1, 0.15) is 4.91 Å². The van der Waals surface area contributed by atoms with Crippen LogP contribution in [0.25, 0.3) is 0 Å². The highest BCUT2D eigenvalue weighted by Gasteiger charge is 2.60. The number of ketones is 1. The van der Waals surface area contributed by atoms with Crippen LogP contribution in [0.1, 0.15) is 33.6 Å². The molecular formula is C20H24O5S. The summed E-state index contributed by atoms with van der Waals surface area (Å²) in [5, 5.41) is 0. The van der Waals surface area contributed by atoms with Crippen LogP contribution in [0.3, 0.4) is 0 Å². The Hall–Kier alpha value is -1.95. The van der Waals surface area contributed by atoms with Crippen molar-refractivity contribution in [3.8, 4) is 0 Å². The van der Waals surface area contributed by atoms with E-state index in [0.717, 1.165) is 0 Å². The third-order valence-electron chi connectivity index (χ3n) is 6.00. The molecule has 2 bridgehead atoms. The molecule has 0 heterocycles. The number of benzene rings is 1. The van der Waals surface area contributed by atoms with E-state index < -0.39 is 15.8 Å². The maximum Gasteiger partial charge on any atom is 0.306 e. The molecule has 3 aliphatic carbocycles. The van der Waals surface area contributed by atoms with E-state index in [9.17, 15) is 18.0 Å². The lowest BCUT2D eigenvalue weighted by Gasteiger charge is -2.57. The lowest BCUT2D eigenvalue weighted by Crippen LogP contribution is -2.56. The summed E-state index contributed by atoms with van der Waals surface area (Å²) in [7, 11) is -2.62. The predicted molar refractivity (Wildman–Crippen MR) is 96.8 cm³/mol. The highest BCUT2D eigenvalue weighted by molar-refractivity contribution is 7.96. The molecule has 0 aliphatic heterocycles. The third-order valence-corrected chi connectivity index (χ3v) is 7.87. The zero-order valence-electron chi connectivity index (χ0n) is 15.5. The van der Waals surface area contributed by atoms with E-state index in [1.807, 2.05) is 13.8 Å². The molecule has 4 rings (SSSR count). The fourth-order valence-electron chi connectivity index (χ4n) is 4.37. The molecule has 1 aromatic rings. The van der Waals surface area contributed by atoms with Gasteiger partial charge in [-0.1, -0.05) is 39.0 Å². The molecule has 0 saturated heterocycles. The van der Waals surface area contributed by atoms with Gasteiger partial charge in [-0.2, -0.15) is 0 Å². The van der Waals surface area contributed by atoms with Crippen molar-refractivity contribution in [2.45, 2.75) is 38.5 Å². The monoisotopic (exact) mass is 376 g/mol. The number of rotatable bonds is 5. The van der Waals surface area contributed by atoms with Crippen molar-refractivity contribution in [3.05, 3.63) is 40.8 Å². The van der Waals surface area contributed by atoms with Crippen LogP contribution in [-0.2, 0) is 24.2 Å². The molecule has 0 N–H and O–H groups in total. The molecule has 3 atom stereocenters. The van der Waals surface area contributed by atoms with Gasteiger partial charge in [-0.3, -0.25) is 9.59 Å². The van der Waals surface area contributed by atoms with Gasteiger partial charge in [0, 0.05) is 5.92 Å². The number of fused-ring (bicyclic) bond motifs is 1. The van der Waals surface area contributed by atoms with Gasteiger partial charge >= 0.3 is 5.97 Å². The molecule has 1 aromatic carbocycles. The fraction of sp³-hybridized carbons (Fsp3) is 0.500. The molecular weight excluding hydrogens is 352 g/mol. The third kappa shape index (κ3) is 2.71. The molecule has 0 radical (unpaired) electrons. The van der Waals surface area contributed by atoms with Crippen molar-refractivity contribution < 1.29 is 22.7 Å². The molecule has 0 spiro atoms. The molecule has 26 heavy (non-hydrogen) atoms. The number of sulfone groups is 1. The Morgan fingerprint density at radius 1 is 1.23 bits per heavy atom. The van der Waals surface area contributed by atoms with Gasteiger partial charge in [0.25, 0.3) is 0 Å². The summed E-state index contributed by atoms with van der Waals surface area (Å²) < 4.78 is 31.2. The van der Waals surface area contributed by atoms with Gasteiger partial charge in [0.05, 0.1) is 18.4 Å². The second-order valence-corrected chi connectivity index (χ2v) is 9.70.